The second kappa shape index (κ2) is 10.5. The Bertz CT molecular complexity index is 1510. The fourth-order valence-corrected chi connectivity index (χ4v) is 4.95. The standard InChI is InChI=1S/C28H24ClF3N4O2/c29-23-12-11-17(15-33-26(37)18-5-1-2-6-18)13-21(23)27(38)35-24-9-4-10-25-22(24)16-34-36(25)20-8-3-7-19(14-20)28(30,31)32/h3-4,7-14,16,18H,1-2,5-6,15H2,(H,33,37)(H,35,38). The van der Waals surface area contributed by atoms with Crippen LogP contribution in [0.1, 0.15) is 47.2 Å². The number of fused-ring (bicyclic) bond motifs is 1. The number of alkyl halides is 3. The van der Waals surface area contributed by atoms with Crippen molar-refractivity contribution in [1.82, 2.24) is 15.1 Å². The molecule has 0 aliphatic heterocycles. The van der Waals surface area contributed by atoms with Crippen molar-refractivity contribution < 1.29 is 22.8 Å². The van der Waals surface area contributed by atoms with Gasteiger partial charge in [0.15, 0.2) is 0 Å². The molecule has 4 aromatic rings. The van der Waals surface area contributed by atoms with Gasteiger partial charge in [0, 0.05) is 17.8 Å². The molecule has 6 nitrogen and oxygen atoms in total. The molecule has 5 rings (SSSR count). The van der Waals surface area contributed by atoms with E-state index in [1.807, 2.05) is 0 Å². The van der Waals surface area contributed by atoms with Crippen molar-refractivity contribution in [3.8, 4) is 5.69 Å². The second-order valence-corrected chi connectivity index (χ2v) is 9.72. The van der Waals surface area contributed by atoms with Crippen LogP contribution < -0.4 is 10.6 Å². The van der Waals surface area contributed by atoms with E-state index in [0.29, 0.717) is 16.6 Å². The number of carbonyl (C=O) groups is 2. The summed E-state index contributed by atoms with van der Waals surface area (Å²) in [5.74, 6) is -0.395. The van der Waals surface area contributed by atoms with E-state index in [2.05, 4.69) is 15.7 Å². The number of nitrogens with zero attached hydrogens (tertiary/aromatic N) is 2. The lowest BCUT2D eigenvalue weighted by Gasteiger charge is -2.13. The van der Waals surface area contributed by atoms with E-state index >= 15 is 0 Å². The summed E-state index contributed by atoms with van der Waals surface area (Å²) in [6.07, 6.45) is 0.933. The third kappa shape index (κ3) is 5.38. The lowest BCUT2D eigenvalue weighted by Crippen LogP contribution is -2.28. The first-order chi connectivity index (χ1) is 18.2. The van der Waals surface area contributed by atoms with Crippen LogP contribution in [0.4, 0.5) is 18.9 Å². The minimum atomic E-state index is -4.48. The Morgan fingerprint density at radius 1 is 1.03 bits per heavy atom. The van der Waals surface area contributed by atoms with Gasteiger partial charge in [-0.3, -0.25) is 9.59 Å². The Hall–Kier alpha value is -3.85. The van der Waals surface area contributed by atoms with Crippen LogP contribution in [0.3, 0.4) is 0 Å². The average molecular weight is 541 g/mol. The van der Waals surface area contributed by atoms with E-state index in [1.54, 1.807) is 36.4 Å². The third-order valence-electron chi connectivity index (χ3n) is 6.75. The second-order valence-electron chi connectivity index (χ2n) is 9.31. The molecule has 196 valence electrons. The maximum atomic E-state index is 13.2. The van der Waals surface area contributed by atoms with E-state index in [-0.39, 0.29) is 34.6 Å². The maximum absolute atomic E-state index is 13.2. The number of carbonyl (C=O) groups excluding carboxylic acids is 2. The van der Waals surface area contributed by atoms with Crippen LogP contribution in [0.25, 0.3) is 16.6 Å². The SMILES string of the molecule is O=C(Nc1cccc2c1cnn2-c1cccc(C(F)(F)F)c1)c1cc(CNC(=O)C2CCCC2)ccc1Cl. The highest BCUT2D eigenvalue weighted by Gasteiger charge is 2.30. The number of anilines is 1. The first-order valence-electron chi connectivity index (χ1n) is 12.2. The summed E-state index contributed by atoms with van der Waals surface area (Å²) < 4.78 is 41.0. The Labute approximate surface area is 221 Å². The molecule has 0 bridgehead atoms. The molecular weight excluding hydrogens is 517 g/mol. The molecule has 1 fully saturated rings. The van der Waals surface area contributed by atoms with Crippen LogP contribution in [0.15, 0.2) is 66.9 Å². The summed E-state index contributed by atoms with van der Waals surface area (Å²) >= 11 is 6.32. The minimum absolute atomic E-state index is 0.0212. The molecule has 10 heteroatoms. The van der Waals surface area contributed by atoms with Gasteiger partial charge in [-0.15, -0.1) is 0 Å². The summed E-state index contributed by atoms with van der Waals surface area (Å²) in [5, 5.41) is 10.8. The largest absolute Gasteiger partial charge is 0.416 e. The van der Waals surface area contributed by atoms with Crippen molar-refractivity contribution in [2.24, 2.45) is 5.92 Å². The summed E-state index contributed by atoms with van der Waals surface area (Å²) in [5.41, 5.74) is 1.40. The molecule has 0 radical (unpaired) electrons. The molecule has 1 aliphatic carbocycles. The summed E-state index contributed by atoms with van der Waals surface area (Å²) in [4.78, 5) is 25.5. The quantitative estimate of drug-likeness (QED) is 0.284. The lowest BCUT2D eigenvalue weighted by atomic mass is 10.1. The molecule has 0 unspecified atom stereocenters. The highest BCUT2D eigenvalue weighted by molar-refractivity contribution is 6.34. The van der Waals surface area contributed by atoms with Crippen LogP contribution in [-0.2, 0) is 17.5 Å². The average Bonchev–Trinajstić information content (AvgIpc) is 3.59. The van der Waals surface area contributed by atoms with Crippen molar-refractivity contribution in [2.75, 3.05) is 5.32 Å². The van der Waals surface area contributed by atoms with Gasteiger partial charge in [0.1, 0.15) is 0 Å². The summed E-state index contributed by atoms with van der Waals surface area (Å²) in [6, 6.07) is 14.9. The summed E-state index contributed by atoms with van der Waals surface area (Å²) in [6.45, 7) is 0.284. The van der Waals surface area contributed by atoms with Crippen molar-refractivity contribution in [1.29, 1.82) is 0 Å². The van der Waals surface area contributed by atoms with E-state index in [4.69, 9.17) is 11.6 Å². The van der Waals surface area contributed by atoms with Gasteiger partial charge in [0.05, 0.1) is 39.2 Å². The van der Waals surface area contributed by atoms with Crippen molar-refractivity contribution in [3.05, 3.63) is 88.6 Å². The van der Waals surface area contributed by atoms with Crippen molar-refractivity contribution >= 4 is 40.0 Å². The zero-order valence-electron chi connectivity index (χ0n) is 20.2. The number of benzene rings is 3. The van der Waals surface area contributed by atoms with Crippen LogP contribution in [0.5, 0.6) is 0 Å². The van der Waals surface area contributed by atoms with Gasteiger partial charge in [-0.1, -0.05) is 42.6 Å². The number of amides is 2. The number of hydrogen-bond donors (Lipinski definition) is 2. The molecule has 0 saturated heterocycles. The number of nitrogens with one attached hydrogen (secondary N) is 2. The molecule has 2 N–H and O–H groups in total. The van der Waals surface area contributed by atoms with Crippen molar-refractivity contribution in [2.45, 2.75) is 38.4 Å². The predicted molar refractivity (Wildman–Crippen MR) is 139 cm³/mol. The Balaban J connectivity index is 1.36. The number of rotatable bonds is 6. The monoisotopic (exact) mass is 540 g/mol. The zero-order chi connectivity index (χ0) is 26.9. The molecule has 1 aliphatic rings. The molecule has 1 aromatic heterocycles. The van der Waals surface area contributed by atoms with Gasteiger partial charge in [0.25, 0.3) is 5.91 Å². The smallest absolute Gasteiger partial charge is 0.352 e. The van der Waals surface area contributed by atoms with Crippen LogP contribution in [0, 0.1) is 5.92 Å². The van der Waals surface area contributed by atoms with Gasteiger partial charge in [-0.05, 0) is 60.9 Å². The molecule has 2 amide bonds. The highest BCUT2D eigenvalue weighted by atomic mass is 35.5. The molecular formula is C28H24ClF3N4O2. The number of hydrogen-bond acceptors (Lipinski definition) is 3. The number of halogens is 4. The van der Waals surface area contributed by atoms with E-state index in [9.17, 15) is 22.8 Å². The number of aromatic nitrogens is 2. The van der Waals surface area contributed by atoms with Gasteiger partial charge >= 0.3 is 6.18 Å². The van der Waals surface area contributed by atoms with Crippen molar-refractivity contribution in [3.63, 3.8) is 0 Å². The molecule has 1 heterocycles. The Morgan fingerprint density at radius 3 is 2.55 bits per heavy atom. The fraction of sp³-hybridized carbons (Fsp3) is 0.250. The first-order valence-corrected chi connectivity index (χ1v) is 12.6. The molecule has 0 spiro atoms. The lowest BCUT2D eigenvalue weighted by molar-refractivity contribution is -0.137. The fourth-order valence-electron chi connectivity index (χ4n) is 4.75. The summed E-state index contributed by atoms with van der Waals surface area (Å²) in [7, 11) is 0. The zero-order valence-corrected chi connectivity index (χ0v) is 20.9. The van der Waals surface area contributed by atoms with Crippen LogP contribution in [-0.4, -0.2) is 21.6 Å². The third-order valence-corrected chi connectivity index (χ3v) is 7.08. The predicted octanol–water partition coefficient (Wildman–Crippen LogP) is 6.76. The topological polar surface area (TPSA) is 76.0 Å². The molecule has 0 atom stereocenters. The van der Waals surface area contributed by atoms with Gasteiger partial charge < -0.3 is 10.6 Å². The molecule has 3 aromatic carbocycles. The van der Waals surface area contributed by atoms with Gasteiger partial charge in [-0.25, -0.2) is 4.68 Å². The molecule has 38 heavy (non-hydrogen) atoms. The van der Waals surface area contributed by atoms with Crippen LogP contribution >= 0.6 is 11.6 Å². The highest BCUT2D eigenvalue weighted by Crippen LogP contribution is 2.32. The Kier molecular flexibility index (Phi) is 7.12. The van der Waals surface area contributed by atoms with E-state index in [0.717, 1.165) is 43.4 Å². The maximum Gasteiger partial charge on any atom is 0.416 e. The minimum Gasteiger partial charge on any atom is -0.352 e. The first kappa shape index (κ1) is 25.8. The normalized spacial score (nSPS) is 14.1. The van der Waals surface area contributed by atoms with E-state index in [1.165, 1.54) is 23.0 Å². The van der Waals surface area contributed by atoms with Gasteiger partial charge in [-0.2, -0.15) is 18.3 Å². The molecule has 1 saturated carbocycles. The Morgan fingerprint density at radius 2 is 1.79 bits per heavy atom. The van der Waals surface area contributed by atoms with Gasteiger partial charge in [0.2, 0.25) is 5.91 Å². The van der Waals surface area contributed by atoms with Crippen LogP contribution in [0.2, 0.25) is 5.02 Å². The van der Waals surface area contributed by atoms with E-state index < -0.39 is 17.6 Å².